The van der Waals surface area contributed by atoms with Crippen LogP contribution in [0.25, 0.3) is 0 Å². The summed E-state index contributed by atoms with van der Waals surface area (Å²) in [4.78, 5) is 0. The third-order valence-corrected chi connectivity index (χ3v) is 0.870. The Labute approximate surface area is 66.3 Å². The second kappa shape index (κ2) is 5.47. The Morgan fingerprint density at radius 3 is 2.00 bits per heavy atom. The minimum atomic E-state index is -0.251. The first-order valence-corrected chi connectivity index (χ1v) is 3.28. The smallest absolute Gasteiger partial charge is 0.123 e. The van der Waals surface area contributed by atoms with E-state index < -0.39 is 0 Å². The molecule has 0 aliphatic rings. The quantitative estimate of drug-likeness (QED) is 0.450. The average molecular weight is 153 g/mol. The second-order valence-corrected chi connectivity index (χ2v) is 1.96. The van der Waals surface area contributed by atoms with Gasteiger partial charge in [-0.2, -0.15) is 0 Å². The molecule has 0 saturated heterocycles. The van der Waals surface area contributed by atoms with Crippen LogP contribution >= 0.6 is 0 Å². The van der Waals surface area contributed by atoms with Crippen LogP contribution < -0.4 is 5.73 Å². The Morgan fingerprint density at radius 1 is 1.36 bits per heavy atom. The molecule has 0 spiro atoms. The highest BCUT2D eigenvalue weighted by molar-refractivity contribution is 5.36. The minimum absolute atomic E-state index is 0.251. The molecule has 1 nitrogen and oxygen atoms in total. The molecule has 0 radical (unpaired) electrons. The van der Waals surface area contributed by atoms with E-state index in [1.54, 1.807) is 6.08 Å². The Morgan fingerprint density at radius 2 is 1.73 bits per heavy atom. The number of anilines is 1. The molecule has 2 N–H and O–H groups in total. The summed E-state index contributed by atoms with van der Waals surface area (Å²) in [6.07, 6.45) is 1.75. The lowest BCUT2D eigenvalue weighted by molar-refractivity contribution is 0.628. The summed E-state index contributed by atoms with van der Waals surface area (Å²) < 4.78 is 12.0. The topological polar surface area (TPSA) is 26.0 Å². The molecule has 0 atom stereocenters. The monoisotopic (exact) mass is 153 g/mol. The fraction of sp³-hybridized carbons (Fsp3) is 0.111. The first-order valence-electron chi connectivity index (χ1n) is 3.28. The van der Waals surface area contributed by atoms with Crippen molar-refractivity contribution in [1.82, 2.24) is 0 Å². The third kappa shape index (κ3) is 5.15. The van der Waals surface area contributed by atoms with Crippen molar-refractivity contribution in [3.05, 3.63) is 42.7 Å². The van der Waals surface area contributed by atoms with Gasteiger partial charge >= 0.3 is 0 Å². The van der Waals surface area contributed by atoms with Gasteiger partial charge in [-0.15, -0.1) is 6.58 Å². The van der Waals surface area contributed by atoms with E-state index in [0.717, 1.165) is 0 Å². The van der Waals surface area contributed by atoms with Crippen LogP contribution in [-0.2, 0) is 0 Å². The van der Waals surface area contributed by atoms with Crippen LogP contribution in [0.5, 0.6) is 0 Å². The van der Waals surface area contributed by atoms with Gasteiger partial charge in [0.05, 0.1) is 0 Å². The largest absolute Gasteiger partial charge is 0.399 e. The number of nitrogen functional groups attached to an aromatic ring is 1. The van der Waals surface area contributed by atoms with Gasteiger partial charge in [0.15, 0.2) is 0 Å². The van der Waals surface area contributed by atoms with E-state index in [-0.39, 0.29) is 5.82 Å². The van der Waals surface area contributed by atoms with Gasteiger partial charge in [-0.3, -0.25) is 0 Å². The Hall–Kier alpha value is -1.31. The van der Waals surface area contributed by atoms with Crippen LogP contribution in [-0.4, -0.2) is 0 Å². The number of hydrogen-bond donors (Lipinski definition) is 1. The van der Waals surface area contributed by atoms with E-state index >= 15 is 0 Å². The van der Waals surface area contributed by atoms with E-state index in [0.29, 0.717) is 5.69 Å². The number of nitrogens with two attached hydrogens (primary N) is 1. The predicted molar refractivity (Wildman–Crippen MR) is 46.7 cm³/mol. The molecule has 0 saturated carbocycles. The van der Waals surface area contributed by atoms with Crippen LogP contribution in [0.2, 0.25) is 0 Å². The highest BCUT2D eigenvalue weighted by Crippen LogP contribution is 2.01. The van der Waals surface area contributed by atoms with Crippen LogP contribution in [0, 0.1) is 5.82 Å². The van der Waals surface area contributed by atoms with Gasteiger partial charge in [0.1, 0.15) is 5.82 Å². The Bertz CT molecular complexity index is 182. The zero-order chi connectivity index (χ0) is 8.69. The molecule has 0 aromatic heterocycles. The van der Waals surface area contributed by atoms with Crippen molar-refractivity contribution in [3.63, 3.8) is 0 Å². The summed E-state index contributed by atoms with van der Waals surface area (Å²) in [5.41, 5.74) is 5.85. The maximum atomic E-state index is 12.0. The Kier molecular flexibility index (Phi) is 4.82. The predicted octanol–water partition coefficient (Wildman–Crippen LogP) is 2.60. The van der Waals surface area contributed by atoms with Crippen LogP contribution in [0.4, 0.5) is 10.1 Å². The molecule has 11 heavy (non-hydrogen) atoms. The summed E-state index contributed by atoms with van der Waals surface area (Å²) in [6, 6.07) is 5.70. The third-order valence-electron chi connectivity index (χ3n) is 0.870. The first kappa shape index (κ1) is 9.69. The zero-order valence-electron chi connectivity index (χ0n) is 6.55. The van der Waals surface area contributed by atoms with Crippen molar-refractivity contribution in [2.45, 2.75) is 6.92 Å². The van der Waals surface area contributed by atoms with Gasteiger partial charge in [0.2, 0.25) is 0 Å². The van der Waals surface area contributed by atoms with Crippen molar-refractivity contribution < 1.29 is 4.39 Å². The molecular weight excluding hydrogens is 141 g/mol. The van der Waals surface area contributed by atoms with E-state index in [1.165, 1.54) is 24.3 Å². The molecule has 0 bridgehead atoms. The van der Waals surface area contributed by atoms with Crippen molar-refractivity contribution in [2.24, 2.45) is 0 Å². The van der Waals surface area contributed by atoms with Crippen molar-refractivity contribution >= 4 is 5.69 Å². The van der Waals surface area contributed by atoms with Gasteiger partial charge in [-0.05, 0) is 31.2 Å². The number of hydrogen-bond acceptors (Lipinski definition) is 1. The highest BCUT2D eigenvalue weighted by atomic mass is 19.1. The fourth-order valence-electron chi connectivity index (χ4n) is 0.463. The number of halogens is 1. The highest BCUT2D eigenvalue weighted by Gasteiger charge is 1.83. The fourth-order valence-corrected chi connectivity index (χ4v) is 0.463. The van der Waals surface area contributed by atoms with E-state index in [2.05, 4.69) is 6.58 Å². The van der Waals surface area contributed by atoms with Crippen molar-refractivity contribution in [2.75, 3.05) is 5.73 Å². The van der Waals surface area contributed by atoms with E-state index in [4.69, 9.17) is 5.73 Å². The zero-order valence-corrected chi connectivity index (χ0v) is 6.55. The van der Waals surface area contributed by atoms with E-state index in [1.807, 2.05) is 6.92 Å². The van der Waals surface area contributed by atoms with Gasteiger partial charge in [0.25, 0.3) is 0 Å². The second-order valence-electron chi connectivity index (χ2n) is 1.96. The Balaban J connectivity index is 0.000000292. The molecular formula is C9H12FN. The minimum Gasteiger partial charge on any atom is -0.399 e. The molecule has 0 aliphatic heterocycles. The SMILES string of the molecule is C=CC.Nc1ccc(F)cc1. The van der Waals surface area contributed by atoms with E-state index in [9.17, 15) is 4.39 Å². The van der Waals surface area contributed by atoms with Gasteiger partial charge < -0.3 is 5.73 Å². The molecule has 0 amide bonds. The molecule has 1 rings (SSSR count). The number of rotatable bonds is 0. The van der Waals surface area contributed by atoms with Crippen LogP contribution in [0.3, 0.4) is 0 Å². The lowest BCUT2D eigenvalue weighted by Crippen LogP contribution is -1.82. The standard InChI is InChI=1S/C6H6FN.C3H6/c7-5-1-3-6(8)4-2-5;1-3-2/h1-4H,8H2;3H,1H2,2H3. The summed E-state index contributed by atoms with van der Waals surface area (Å²) >= 11 is 0. The average Bonchev–Trinajstić information content (AvgIpc) is 1.97. The molecule has 2 heteroatoms. The normalized spacial score (nSPS) is 7.82. The van der Waals surface area contributed by atoms with Crippen molar-refractivity contribution in [1.29, 1.82) is 0 Å². The summed E-state index contributed by atoms with van der Waals surface area (Å²) in [7, 11) is 0. The molecule has 1 aromatic rings. The van der Waals surface area contributed by atoms with Crippen LogP contribution in [0.1, 0.15) is 6.92 Å². The van der Waals surface area contributed by atoms with Crippen LogP contribution in [0.15, 0.2) is 36.9 Å². The number of benzene rings is 1. The molecule has 0 unspecified atom stereocenters. The van der Waals surface area contributed by atoms with Gasteiger partial charge in [-0.25, -0.2) is 4.39 Å². The summed E-state index contributed by atoms with van der Waals surface area (Å²) in [5, 5.41) is 0. The molecule has 0 fully saturated rings. The maximum Gasteiger partial charge on any atom is 0.123 e. The van der Waals surface area contributed by atoms with Gasteiger partial charge in [-0.1, -0.05) is 6.08 Å². The lowest BCUT2D eigenvalue weighted by Gasteiger charge is -1.87. The summed E-state index contributed by atoms with van der Waals surface area (Å²) in [6.45, 7) is 5.25. The van der Waals surface area contributed by atoms with Gasteiger partial charge in [0, 0.05) is 5.69 Å². The number of allylic oxidation sites excluding steroid dienone is 1. The van der Waals surface area contributed by atoms with Crippen molar-refractivity contribution in [3.8, 4) is 0 Å². The summed E-state index contributed by atoms with van der Waals surface area (Å²) in [5.74, 6) is -0.251. The lowest BCUT2D eigenvalue weighted by atomic mass is 10.3. The molecule has 0 heterocycles. The molecule has 0 aliphatic carbocycles. The first-order chi connectivity index (χ1) is 5.20. The molecule has 1 aromatic carbocycles. The maximum absolute atomic E-state index is 12.0. The molecule has 60 valence electrons.